The average Bonchev–Trinajstić information content (AvgIpc) is 2.94. The summed E-state index contributed by atoms with van der Waals surface area (Å²) < 4.78 is 4.98. The highest BCUT2D eigenvalue weighted by Gasteiger charge is 2.26. The van der Waals surface area contributed by atoms with Gasteiger partial charge in [-0.2, -0.15) is 0 Å². The van der Waals surface area contributed by atoms with Gasteiger partial charge in [0.2, 0.25) is 5.22 Å². The van der Waals surface area contributed by atoms with Crippen LogP contribution in [0.2, 0.25) is 5.22 Å². The second kappa shape index (κ2) is 5.71. The van der Waals surface area contributed by atoms with Gasteiger partial charge in [-0.25, -0.2) is 0 Å². The lowest BCUT2D eigenvalue weighted by atomic mass is 9.89. The molecule has 3 nitrogen and oxygen atoms in total. The number of rotatable bonds is 2. The third kappa shape index (κ3) is 2.59. The second-order valence-corrected chi connectivity index (χ2v) is 5.43. The smallest absolute Gasteiger partial charge is 0.258 e. The number of carbonyl (C=O) groups is 1. The number of halogens is 1. The fraction of sp³-hybridized carbons (Fsp3) is 0.312. The molecule has 1 aromatic heterocycles. The molecule has 2 aromatic rings. The highest BCUT2D eigenvalue weighted by molar-refractivity contribution is 6.32. The Morgan fingerprint density at radius 1 is 1.15 bits per heavy atom. The van der Waals surface area contributed by atoms with Crippen LogP contribution in [-0.4, -0.2) is 23.9 Å². The lowest BCUT2D eigenvalue weighted by Crippen LogP contribution is -2.37. The molecule has 104 valence electrons. The maximum Gasteiger partial charge on any atom is 0.258 e. The Labute approximate surface area is 123 Å². The highest BCUT2D eigenvalue weighted by Crippen LogP contribution is 2.29. The first kappa shape index (κ1) is 13.3. The van der Waals surface area contributed by atoms with Gasteiger partial charge in [0, 0.05) is 13.1 Å². The molecule has 1 aliphatic heterocycles. The van der Waals surface area contributed by atoms with Gasteiger partial charge in [0.25, 0.3) is 5.91 Å². The predicted molar refractivity (Wildman–Crippen MR) is 78.0 cm³/mol. The zero-order chi connectivity index (χ0) is 13.9. The van der Waals surface area contributed by atoms with E-state index in [2.05, 4.69) is 24.3 Å². The normalized spacial score (nSPS) is 16.4. The Morgan fingerprint density at radius 2 is 1.85 bits per heavy atom. The molecular weight excluding hydrogens is 274 g/mol. The lowest BCUT2D eigenvalue weighted by Gasteiger charge is -2.32. The molecule has 0 atom stereocenters. The van der Waals surface area contributed by atoms with E-state index in [1.165, 1.54) is 11.8 Å². The monoisotopic (exact) mass is 289 g/mol. The number of nitrogens with zero attached hydrogens (tertiary/aromatic N) is 1. The van der Waals surface area contributed by atoms with Gasteiger partial charge in [-0.05, 0) is 42.0 Å². The van der Waals surface area contributed by atoms with E-state index in [0.29, 0.717) is 11.5 Å². The topological polar surface area (TPSA) is 33.5 Å². The molecule has 20 heavy (non-hydrogen) atoms. The maximum atomic E-state index is 12.3. The van der Waals surface area contributed by atoms with Gasteiger partial charge < -0.3 is 9.32 Å². The van der Waals surface area contributed by atoms with Crippen molar-refractivity contribution in [1.82, 2.24) is 4.90 Å². The lowest BCUT2D eigenvalue weighted by molar-refractivity contribution is 0.0712. The maximum absolute atomic E-state index is 12.3. The molecule has 0 bridgehead atoms. The van der Waals surface area contributed by atoms with Crippen molar-refractivity contribution >= 4 is 17.5 Å². The van der Waals surface area contributed by atoms with Gasteiger partial charge in [0.15, 0.2) is 0 Å². The van der Waals surface area contributed by atoms with Crippen LogP contribution in [0.25, 0.3) is 0 Å². The molecule has 2 heterocycles. The minimum absolute atomic E-state index is 0.0322. The predicted octanol–water partition coefficient (Wildman–Crippen LogP) is 3.95. The van der Waals surface area contributed by atoms with Crippen molar-refractivity contribution in [2.24, 2.45) is 0 Å². The van der Waals surface area contributed by atoms with Gasteiger partial charge in [0.05, 0.1) is 11.8 Å². The van der Waals surface area contributed by atoms with Gasteiger partial charge in [-0.1, -0.05) is 30.3 Å². The number of furan rings is 1. The Balaban J connectivity index is 1.64. The first-order valence-corrected chi connectivity index (χ1v) is 7.20. The highest BCUT2D eigenvalue weighted by atomic mass is 35.5. The number of hydrogen-bond donors (Lipinski definition) is 0. The number of benzene rings is 1. The molecule has 0 aliphatic carbocycles. The molecule has 0 radical (unpaired) electrons. The van der Waals surface area contributed by atoms with Crippen LogP contribution in [0.15, 0.2) is 47.1 Å². The van der Waals surface area contributed by atoms with Crippen molar-refractivity contribution in [1.29, 1.82) is 0 Å². The summed E-state index contributed by atoms with van der Waals surface area (Å²) in [5.74, 6) is 0.510. The minimum Gasteiger partial charge on any atom is -0.452 e. The first-order chi connectivity index (χ1) is 9.75. The van der Waals surface area contributed by atoms with E-state index in [1.807, 2.05) is 11.0 Å². The molecule has 0 N–H and O–H groups in total. The zero-order valence-corrected chi connectivity index (χ0v) is 11.8. The van der Waals surface area contributed by atoms with Gasteiger partial charge in [-0.3, -0.25) is 4.79 Å². The van der Waals surface area contributed by atoms with Gasteiger partial charge in [0.1, 0.15) is 0 Å². The summed E-state index contributed by atoms with van der Waals surface area (Å²) >= 11 is 5.86. The number of carbonyl (C=O) groups excluding carboxylic acids is 1. The summed E-state index contributed by atoms with van der Waals surface area (Å²) in [6, 6.07) is 12.1. The van der Waals surface area contributed by atoms with E-state index < -0.39 is 0 Å². The largest absolute Gasteiger partial charge is 0.452 e. The summed E-state index contributed by atoms with van der Waals surface area (Å²) in [5, 5.41) is 0.181. The van der Waals surface area contributed by atoms with Crippen LogP contribution < -0.4 is 0 Å². The van der Waals surface area contributed by atoms with Crippen molar-refractivity contribution in [3.05, 3.63) is 59.0 Å². The molecule has 0 unspecified atom stereocenters. The van der Waals surface area contributed by atoms with Crippen LogP contribution in [0, 0.1) is 0 Å². The molecule has 1 fully saturated rings. The van der Waals surface area contributed by atoms with Crippen molar-refractivity contribution in [3.8, 4) is 0 Å². The Morgan fingerprint density at radius 3 is 2.45 bits per heavy atom. The van der Waals surface area contributed by atoms with E-state index in [4.69, 9.17) is 16.0 Å². The van der Waals surface area contributed by atoms with Crippen LogP contribution in [-0.2, 0) is 0 Å². The molecule has 4 heteroatoms. The number of amides is 1. The summed E-state index contributed by atoms with van der Waals surface area (Å²) in [4.78, 5) is 14.2. The Kier molecular flexibility index (Phi) is 3.79. The van der Waals surface area contributed by atoms with Crippen LogP contribution in [0.4, 0.5) is 0 Å². The fourth-order valence-electron chi connectivity index (χ4n) is 2.76. The van der Waals surface area contributed by atoms with E-state index in [1.54, 1.807) is 6.07 Å². The molecule has 1 saturated heterocycles. The van der Waals surface area contributed by atoms with Crippen molar-refractivity contribution in [2.75, 3.05) is 13.1 Å². The summed E-state index contributed by atoms with van der Waals surface area (Å²) in [7, 11) is 0. The quantitative estimate of drug-likeness (QED) is 0.838. The van der Waals surface area contributed by atoms with Crippen LogP contribution in [0.1, 0.15) is 34.7 Å². The van der Waals surface area contributed by atoms with E-state index in [0.717, 1.165) is 25.9 Å². The number of hydrogen-bond acceptors (Lipinski definition) is 2. The Bertz CT molecular complexity index is 586. The van der Waals surface area contributed by atoms with Gasteiger partial charge in [-0.15, -0.1) is 0 Å². The third-order valence-electron chi connectivity index (χ3n) is 3.90. The van der Waals surface area contributed by atoms with Crippen molar-refractivity contribution < 1.29 is 9.21 Å². The van der Waals surface area contributed by atoms with E-state index >= 15 is 0 Å². The van der Waals surface area contributed by atoms with Crippen molar-refractivity contribution in [3.63, 3.8) is 0 Å². The number of likely N-dealkylation sites (tertiary alicyclic amines) is 1. The van der Waals surface area contributed by atoms with E-state index in [9.17, 15) is 4.79 Å². The SMILES string of the molecule is O=C(c1ccoc1Cl)N1CCC(c2ccccc2)CC1. The molecular formula is C16H16ClNO2. The fourth-order valence-corrected chi connectivity index (χ4v) is 2.95. The molecule has 0 saturated carbocycles. The van der Waals surface area contributed by atoms with Gasteiger partial charge >= 0.3 is 0 Å². The minimum atomic E-state index is -0.0322. The Hall–Kier alpha value is -1.74. The molecule has 0 spiro atoms. The van der Waals surface area contributed by atoms with Crippen LogP contribution in [0.3, 0.4) is 0 Å². The molecule has 1 aromatic carbocycles. The molecule has 3 rings (SSSR count). The summed E-state index contributed by atoms with van der Waals surface area (Å²) in [5.41, 5.74) is 1.82. The molecule has 1 amide bonds. The molecule has 1 aliphatic rings. The number of piperidine rings is 1. The van der Waals surface area contributed by atoms with Crippen molar-refractivity contribution in [2.45, 2.75) is 18.8 Å². The third-order valence-corrected chi connectivity index (χ3v) is 4.19. The van der Waals surface area contributed by atoms with E-state index in [-0.39, 0.29) is 11.1 Å². The second-order valence-electron chi connectivity index (χ2n) is 5.09. The van der Waals surface area contributed by atoms with Crippen LogP contribution >= 0.6 is 11.6 Å². The van der Waals surface area contributed by atoms with Crippen LogP contribution in [0.5, 0.6) is 0 Å². The standard InChI is InChI=1S/C16H16ClNO2/c17-15-14(8-11-20-15)16(19)18-9-6-13(7-10-18)12-4-2-1-3-5-12/h1-5,8,11,13H,6-7,9-10H2. The average molecular weight is 290 g/mol. The first-order valence-electron chi connectivity index (χ1n) is 6.83. The zero-order valence-electron chi connectivity index (χ0n) is 11.1. The summed E-state index contributed by atoms with van der Waals surface area (Å²) in [6.07, 6.45) is 3.43. The summed E-state index contributed by atoms with van der Waals surface area (Å²) in [6.45, 7) is 1.53.